The van der Waals surface area contributed by atoms with E-state index in [-0.39, 0.29) is 6.71 Å². The minimum Gasteiger partial charge on any atom is -0.311 e. The zero-order valence-electron chi connectivity index (χ0n) is 54.2. The van der Waals surface area contributed by atoms with Crippen LogP contribution in [0.2, 0.25) is 0 Å². The van der Waals surface area contributed by atoms with E-state index in [9.17, 15) is 0 Å². The molecular weight excluding hydrogens is 1220 g/mol. The first-order valence-electron chi connectivity index (χ1n) is 33.9. The highest BCUT2D eigenvalue weighted by molar-refractivity contribution is 7.00. The molecule has 0 amide bonds. The van der Waals surface area contributed by atoms with Gasteiger partial charge in [-0.1, -0.05) is 267 Å². The van der Waals surface area contributed by atoms with Crippen LogP contribution in [0.4, 0.5) is 34.1 Å². The number of para-hydroxylation sites is 4. The van der Waals surface area contributed by atoms with Gasteiger partial charge in [0.1, 0.15) is 0 Å². The normalized spacial score (nSPS) is 12.1. The monoisotopic (exact) mass is 1270 g/mol. The molecule has 0 fully saturated rings. The second kappa shape index (κ2) is 24.4. The van der Waals surface area contributed by atoms with Gasteiger partial charge in [-0.05, 0) is 135 Å². The third-order valence-corrected chi connectivity index (χ3v) is 19.7. The highest BCUT2D eigenvalue weighted by Crippen LogP contribution is 2.49. The Hall–Kier alpha value is -13.4. The number of anilines is 6. The van der Waals surface area contributed by atoms with Gasteiger partial charge in [-0.15, -0.1) is 0 Å². The third kappa shape index (κ3) is 10.1. The Morgan fingerprint density at radius 3 is 1.14 bits per heavy atom. The third-order valence-electron chi connectivity index (χ3n) is 19.7. The molecule has 19 rings (SSSR count). The van der Waals surface area contributed by atoms with Crippen molar-refractivity contribution in [3.05, 3.63) is 358 Å². The lowest BCUT2D eigenvalue weighted by Gasteiger charge is -2.45. The maximum Gasteiger partial charge on any atom is 0.252 e. The fraction of sp³-hybridized carbons (Fsp3) is 0. The van der Waals surface area contributed by atoms with Crippen molar-refractivity contribution in [2.45, 2.75) is 0 Å². The summed E-state index contributed by atoms with van der Waals surface area (Å²) in [6, 6.07) is 128. The number of aromatic nitrogens is 6. The molecule has 466 valence electrons. The highest BCUT2D eigenvalue weighted by atomic mass is 15.2. The van der Waals surface area contributed by atoms with Crippen molar-refractivity contribution >= 4 is 79.0 Å². The number of nitrogens with zero attached hydrogens (tertiary/aromatic N) is 8. The molecule has 100 heavy (non-hydrogen) atoms. The first-order valence-corrected chi connectivity index (χ1v) is 33.9. The molecule has 0 bridgehead atoms. The molecule has 14 aromatic carbocycles. The Kier molecular flexibility index (Phi) is 14.1. The molecular formula is C91H59BN8. The van der Waals surface area contributed by atoms with Crippen LogP contribution in [0.3, 0.4) is 0 Å². The van der Waals surface area contributed by atoms with Crippen LogP contribution in [0, 0.1) is 0 Å². The summed E-state index contributed by atoms with van der Waals surface area (Å²) in [4.78, 5) is 32.1. The highest BCUT2D eigenvalue weighted by Gasteiger charge is 2.44. The summed E-state index contributed by atoms with van der Waals surface area (Å²) in [6.45, 7) is -0.0289. The average Bonchev–Trinajstić information content (AvgIpc) is 1.17. The van der Waals surface area contributed by atoms with Gasteiger partial charge in [0, 0.05) is 78.2 Å². The van der Waals surface area contributed by atoms with Crippen molar-refractivity contribution in [3.63, 3.8) is 0 Å². The molecule has 0 atom stereocenters. The lowest BCUT2D eigenvalue weighted by atomic mass is 9.33. The van der Waals surface area contributed by atoms with Gasteiger partial charge in [0.2, 0.25) is 0 Å². The summed E-state index contributed by atoms with van der Waals surface area (Å²) in [5, 5.41) is 2.25. The van der Waals surface area contributed by atoms with E-state index in [0.29, 0.717) is 23.3 Å². The van der Waals surface area contributed by atoms with Crippen LogP contribution in [0.25, 0.3) is 129 Å². The van der Waals surface area contributed by atoms with E-state index < -0.39 is 0 Å². The lowest BCUT2D eigenvalue weighted by Crippen LogP contribution is -2.61. The van der Waals surface area contributed by atoms with E-state index in [2.05, 4.69) is 312 Å². The molecule has 3 aromatic heterocycles. The first-order chi connectivity index (χ1) is 49.6. The predicted molar refractivity (Wildman–Crippen MR) is 413 cm³/mol. The van der Waals surface area contributed by atoms with Crippen LogP contribution >= 0.6 is 0 Å². The minimum absolute atomic E-state index is 0.0289. The molecule has 0 saturated carbocycles. The molecule has 0 saturated heterocycles. The molecule has 8 nitrogen and oxygen atoms in total. The topological polar surface area (TPSA) is 75.9 Å². The minimum atomic E-state index is -0.0289. The summed E-state index contributed by atoms with van der Waals surface area (Å²) < 4.78 is 2.39. The van der Waals surface area contributed by atoms with Crippen molar-refractivity contribution < 1.29 is 0 Å². The Morgan fingerprint density at radius 2 is 0.620 bits per heavy atom. The molecule has 9 heteroatoms. The zero-order chi connectivity index (χ0) is 66.0. The number of benzene rings is 14. The van der Waals surface area contributed by atoms with Gasteiger partial charge in [0.25, 0.3) is 6.71 Å². The Balaban J connectivity index is 0.826. The molecule has 17 aromatic rings. The SMILES string of the molecule is c1ccc(-c2ccc3c(c2)c2cc(-c4ccccc4)ccc2n3-c2ccc(-c3nc(-c4ccccc4)nc(-c4ccccc4)n3)cc2-c2nc(-c3ccccc3)cc(-c3ccc(-c4ccc5c6c4N(c4ccccc4)c4ccccc4B6c4ccccc4N5c4ccccc4)cc3)n2)cc1. The van der Waals surface area contributed by atoms with Crippen LogP contribution in [0.5, 0.6) is 0 Å². The quantitative estimate of drug-likeness (QED) is 0.113. The van der Waals surface area contributed by atoms with E-state index in [1.165, 1.54) is 22.1 Å². The van der Waals surface area contributed by atoms with Crippen molar-refractivity contribution in [2.75, 3.05) is 9.80 Å². The van der Waals surface area contributed by atoms with E-state index in [1.54, 1.807) is 0 Å². The average molecular weight is 1280 g/mol. The van der Waals surface area contributed by atoms with Crippen molar-refractivity contribution in [3.8, 4) is 107 Å². The van der Waals surface area contributed by atoms with Gasteiger partial charge in [0.15, 0.2) is 23.3 Å². The summed E-state index contributed by atoms with van der Waals surface area (Å²) in [6.07, 6.45) is 0. The van der Waals surface area contributed by atoms with Crippen molar-refractivity contribution in [1.82, 2.24) is 29.5 Å². The van der Waals surface area contributed by atoms with Gasteiger partial charge in [0.05, 0.1) is 33.8 Å². The summed E-state index contributed by atoms with van der Waals surface area (Å²) in [7, 11) is 0. The first kappa shape index (κ1) is 58.0. The number of fused-ring (bicyclic) bond motifs is 7. The summed E-state index contributed by atoms with van der Waals surface area (Å²) in [5.74, 6) is 2.22. The Labute approximate surface area is 579 Å². The maximum atomic E-state index is 5.76. The molecule has 0 aliphatic carbocycles. The number of hydrogen-bond acceptors (Lipinski definition) is 7. The van der Waals surface area contributed by atoms with Crippen LogP contribution in [-0.2, 0) is 0 Å². The van der Waals surface area contributed by atoms with Crippen molar-refractivity contribution in [1.29, 1.82) is 0 Å². The van der Waals surface area contributed by atoms with Gasteiger partial charge in [-0.2, -0.15) is 0 Å². The maximum absolute atomic E-state index is 5.76. The van der Waals surface area contributed by atoms with E-state index in [0.717, 1.165) is 134 Å². The van der Waals surface area contributed by atoms with Crippen LogP contribution < -0.4 is 26.2 Å². The summed E-state index contributed by atoms with van der Waals surface area (Å²) in [5.41, 5.74) is 27.2. The van der Waals surface area contributed by atoms with Crippen molar-refractivity contribution in [2.24, 2.45) is 0 Å². The van der Waals surface area contributed by atoms with Crippen LogP contribution in [0.1, 0.15) is 0 Å². The molecule has 0 unspecified atom stereocenters. The van der Waals surface area contributed by atoms with E-state index in [4.69, 9.17) is 24.9 Å². The van der Waals surface area contributed by atoms with Gasteiger partial charge in [-0.25, -0.2) is 24.9 Å². The molecule has 2 aliphatic rings. The zero-order valence-corrected chi connectivity index (χ0v) is 54.2. The molecule has 5 heterocycles. The fourth-order valence-electron chi connectivity index (χ4n) is 15.0. The lowest BCUT2D eigenvalue weighted by molar-refractivity contribution is 1.07. The van der Waals surface area contributed by atoms with Gasteiger partial charge >= 0.3 is 0 Å². The second-order valence-electron chi connectivity index (χ2n) is 25.5. The smallest absolute Gasteiger partial charge is 0.252 e. The molecule has 2 aliphatic heterocycles. The second-order valence-corrected chi connectivity index (χ2v) is 25.5. The largest absolute Gasteiger partial charge is 0.311 e. The van der Waals surface area contributed by atoms with E-state index >= 15 is 0 Å². The van der Waals surface area contributed by atoms with Crippen LogP contribution in [-0.4, -0.2) is 36.2 Å². The standard InChI is InChI=1S/C91H59BN8/c1-8-26-60(27-9-1)67-48-52-80-73(56-67)74-57-68(61-28-10-2-11-29-61)49-53-81(74)100(80)82-54-50-69(90-96-88(65-32-14-4-15-33-65)95-89(97-90)66-34-16-5-17-35-66)58-75(82)91-93-78(63-30-12-3-13-31-63)59-79(94-91)64-46-44-62(45-47-64)72-51-55-85-86-87(72)99(71-38-20-7-21-39-71)84-43-25-23-41-77(84)92(86)76-40-22-24-42-83(76)98(85)70-36-18-6-19-37-70/h1-59H. The molecule has 0 spiro atoms. The van der Waals surface area contributed by atoms with E-state index in [1.807, 2.05) is 60.7 Å². The molecule has 0 N–H and O–H groups in total. The number of hydrogen-bond donors (Lipinski definition) is 0. The predicted octanol–water partition coefficient (Wildman–Crippen LogP) is 20.8. The Bertz CT molecular complexity index is 5790. The fourth-order valence-corrected chi connectivity index (χ4v) is 15.0. The van der Waals surface area contributed by atoms with Gasteiger partial charge < -0.3 is 14.4 Å². The van der Waals surface area contributed by atoms with Gasteiger partial charge in [-0.3, -0.25) is 0 Å². The summed E-state index contributed by atoms with van der Waals surface area (Å²) >= 11 is 0. The number of rotatable bonds is 12. The Morgan fingerprint density at radius 1 is 0.230 bits per heavy atom. The van der Waals surface area contributed by atoms with Crippen LogP contribution in [0.15, 0.2) is 358 Å². The molecule has 0 radical (unpaired) electrons.